The average Bonchev–Trinajstić information content (AvgIpc) is 0.653. The Morgan fingerprint density at radius 3 is 1.78 bits per heavy atom. The van der Waals surface area contributed by atoms with Gasteiger partial charge in [0.15, 0.2) is 8.07 Å². The molecule has 0 spiro atoms. The lowest BCUT2D eigenvalue weighted by molar-refractivity contribution is -0.571. The highest BCUT2D eigenvalue weighted by Gasteiger charge is 2.42. The molecule has 0 fully saturated rings. The molecule has 1 aliphatic rings. The van der Waals surface area contributed by atoms with Crippen LogP contribution in [0, 0.1) is 6.33 Å². The van der Waals surface area contributed by atoms with Gasteiger partial charge in [0.2, 0.25) is 0 Å². The van der Waals surface area contributed by atoms with Gasteiger partial charge in [-0.2, -0.15) is 0 Å². The molecule has 0 aliphatic heterocycles. The molecule has 0 N–H and O–H groups in total. The van der Waals surface area contributed by atoms with E-state index >= 15 is 0 Å². The van der Waals surface area contributed by atoms with Crippen LogP contribution in [0.2, 0.25) is 0 Å². The third-order valence-electron chi connectivity index (χ3n) is 17.0. The molecule has 462 valence electrons. The molecule has 0 saturated heterocycles. The second-order valence-electron chi connectivity index (χ2n) is 25.0. The number of imidazole rings is 1. The molecule has 0 amide bonds. The van der Waals surface area contributed by atoms with Gasteiger partial charge in [0, 0.05) is 45.0 Å². The minimum atomic E-state index is -6.75. The maximum absolute atomic E-state index is 11.2. The van der Waals surface area contributed by atoms with Crippen molar-refractivity contribution < 1.29 is 61.4 Å². The summed E-state index contributed by atoms with van der Waals surface area (Å²) in [6, 6.07) is 8.77. The smallest absolute Gasteiger partial charge is 0.269 e. The van der Waals surface area contributed by atoms with Gasteiger partial charge in [-0.1, -0.05) is 281 Å². The fraction of sp³-hybridized carbons (Fsp3) is 0.182. The molecule has 0 radical (unpaired) electrons. The maximum Gasteiger partial charge on any atom is 0.269 e. The van der Waals surface area contributed by atoms with Gasteiger partial charge in [0.1, 0.15) is 17.3 Å². The monoisotopic (exact) mass is 1270 g/mol. The Morgan fingerprint density at radius 2 is 1.11 bits per heavy atom. The molecule has 11 aromatic carbocycles. The SMILES string of the molecule is [2H]c1c([2H])c([2H])c([Si](c2c([2H])c([2H])c([2H])c([2H])c2[2H])(c2c([2H])c([2H])c([2H])c([2H])c2[2H])c2c([2H])c([2H])c([2H])c(-c3cccc(-c4c([2H])c([2H])c5c(c4[2H])C(C([2H])([2H])[2H])(C([2H])([2H])[2H])C([2H])([2H])C([2H])([2H])C5(C([2H])([2H])[2H])C([2H])([2H])[2H])c3-[n+]3[c-]n(-c4cccc(Oc5ccc6c7ccccc7n(-c7cc(C(C)(C)C)ccn7)c6c5)c4)c4cc(-c5ccc(C(C)(C)C)cc5)ccc43)c2[2H])c([2H])c1[2H]. The summed E-state index contributed by atoms with van der Waals surface area (Å²) in [4.78, 5) is 4.84. The number of rotatable bonds is 12. The molecule has 15 rings (SSSR count). The molecule has 3 aromatic heterocycles. The summed E-state index contributed by atoms with van der Waals surface area (Å²) >= 11 is 0. The molecular weight excluding hydrogens is 1160 g/mol. The number of fused-ring (bicyclic) bond motifs is 5. The van der Waals surface area contributed by atoms with Crippen LogP contribution in [0.5, 0.6) is 11.5 Å². The number of nitrogens with zero attached hydrogens (tertiary/aromatic N) is 4. The molecular formula is C88H80N4OSi. The lowest BCUT2D eigenvalue weighted by Crippen LogP contribution is -2.74. The minimum Gasteiger partial charge on any atom is -0.458 e. The van der Waals surface area contributed by atoms with Crippen LogP contribution in [0.15, 0.2) is 279 Å². The second kappa shape index (κ2) is 23.2. The first-order chi connectivity index (χ1) is 61.0. The van der Waals surface area contributed by atoms with Gasteiger partial charge in [0.25, 0.3) is 6.33 Å². The van der Waals surface area contributed by atoms with Gasteiger partial charge in [-0.15, -0.1) is 0 Å². The lowest BCUT2D eigenvalue weighted by Gasteiger charge is -2.42. The topological polar surface area (TPSA) is 35.9 Å². The molecule has 0 bridgehead atoms. The van der Waals surface area contributed by atoms with Crippen LogP contribution in [0.3, 0.4) is 0 Å². The Kier molecular flexibility index (Phi) is 7.68. The molecule has 0 unspecified atom stereocenters. The normalized spacial score (nSPS) is 21.3. The van der Waals surface area contributed by atoms with Crippen molar-refractivity contribution in [3.05, 3.63) is 307 Å². The first-order valence-electron chi connectivity index (χ1n) is 49.0. The number of hydrogen-bond donors (Lipinski definition) is 0. The van der Waals surface area contributed by atoms with Gasteiger partial charge in [-0.25, -0.2) is 4.98 Å². The van der Waals surface area contributed by atoms with E-state index in [0.29, 0.717) is 28.2 Å². The van der Waals surface area contributed by atoms with Crippen molar-refractivity contribution in [2.45, 2.75) is 103 Å². The fourth-order valence-electron chi connectivity index (χ4n) is 12.2. The fourth-order valence-corrected chi connectivity index (χ4v) is 15.8. The van der Waals surface area contributed by atoms with E-state index < -0.39 is 252 Å². The quantitative estimate of drug-likeness (QED) is 0.0529. The van der Waals surface area contributed by atoms with Crippen molar-refractivity contribution in [3.8, 4) is 62.1 Å². The summed E-state index contributed by atoms with van der Waals surface area (Å²) in [5, 5.41) is -3.31. The number of para-hydroxylation sites is 2. The molecule has 6 heteroatoms. The average molecular weight is 1280 g/mol. The van der Waals surface area contributed by atoms with Crippen molar-refractivity contribution in [2.24, 2.45) is 0 Å². The summed E-state index contributed by atoms with van der Waals surface area (Å²) in [7, 11) is -6.75. The maximum atomic E-state index is 11.2. The van der Waals surface area contributed by atoms with E-state index in [1.54, 1.807) is 48.7 Å². The summed E-state index contributed by atoms with van der Waals surface area (Å²) in [5.41, 5.74) is -13.9. The molecule has 1 aliphatic carbocycles. The van der Waals surface area contributed by atoms with Gasteiger partial charge in [-0.3, -0.25) is 13.7 Å². The lowest BCUT2D eigenvalue weighted by atomic mass is 9.63. The van der Waals surface area contributed by atoms with E-state index in [1.807, 2.05) is 98.1 Å². The summed E-state index contributed by atoms with van der Waals surface area (Å²) in [6.07, 6.45) is -4.64. The van der Waals surface area contributed by atoms with Crippen LogP contribution in [0.1, 0.15) is 156 Å². The largest absolute Gasteiger partial charge is 0.458 e. The van der Waals surface area contributed by atoms with Crippen molar-refractivity contribution in [1.29, 1.82) is 0 Å². The first kappa shape index (κ1) is 31.2. The highest BCUT2D eigenvalue weighted by molar-refractivity contribution is 7.19. The van der Waals surface area contributed by atoms with Crippen LogP contribution in [-0.2, 0) is 21.7 Å². The van der Waals surface area contributed by atoms with Crippen LogP contribution < -0.4 is 30.1 Å². The Labute approximate surface area is 608 Å². The number of pyridine rings is 1. The molecule has 94 heavy (non-hydrogen) atoms. The molecule has 0 atom stereocenters. The molecule has 14 aromatic rings. The van der Waals surface area contributed by atoms with Gasteiger partial charge in [0.05, 0.1) is 63.6 Å². The van der Waals surface area contributed by atoms with E-state index in [-0.39, 0.29) is 33.3 Å². The van der Waals surface area contributed by atoms with Crippen LogP contribution >= 0.6 is 0 Å². The van der Waals surface area contributed by atoms with E-state index in [0.717, 1.165) is 50.2 Å². The van der Waals surface area contributed by atoms with Gasteiger partial charge < -0.3 is 4.74 Å². The predicted molar refractivity (Wildman–Crippen MR) is 395 cm³/mol. The Hall–Kier alpha value is -10.1. The van der Waals surface area contributed by atoms with Crippen molar-refractivity contribution in [1.82, 2.24) is 14.1 Å². The Morgan fingerprint density at radius 1 is 0.500 bits per heavy atom. The van der Waals surface area contributed by atoms with Crippen LogP contribution in [-0.4, -0.2) is 22.2 Å². The zero-order chi connectivity index (χ0) is 97.5. The van der Waals surface area contributed by atoms with Crippen molar-refractivity contribution in [2.75, 3.05) is 0 Å². The van der Waals surface area contributed by atoms with Crippen molar-refractivity contribution >= 4 is 61.7 Å². The highest BCUT2D eigenvalue weighted by atomic mass is 28.3. The molecule has 0 saturated carbocycles. The summed E-state index contributed by atoms with van der Waals surface area (Å²) in [6.45, 7) is -6.01. The number of ether oxygens (including phenoxy) is 1. The first-order valence-corrected chi connectivity index (χ1v) is 32.0. The predicted octanol–water partition coefficient (Wildman–Crippen LogP) is 19.3. The Bertz CT molecular complexity index is 6970. The highest BCUT2D eigenvalue weighted by Crippen LogP contribution is 2.48. The van der Waals surface area contributed by atoms with E-state index in [9.17, 15) is 39.8 Å². The third kappa shape index (κ3) is 10.6. The summed E-state index contributed by atoms with van der Waals surface area (Å²) < 4.78 is 376. The number of hydrogen-bond acceptors (Lipinski definition) is 2. The third-order valence-corrected chi connectivity index (χ3v) is 21.0. The summed E-state index contributed by atoms with van der Waals surface area (Å²) in [5.74, 6) is 1.04. The van der Waals surface area contributed by atoms with Crippen molar-refractivity contribution in [3.63, 3.8) is 0 Å². The van der Waals surface area contributed by atoms with Gasteiger partial charge in [-0.05, 0) is 165 Å². The number of aromatic nitrogens is 4. The van der Waals surface area contributed by atoms with Crippen LogP contribution in [0.4, 0.5) is 0 Å². The molecule has 5 nitrogen and oxygen atoms in total. The second-order valence-corrected chi connectivity index (χ2v) is 28.5. The standard InChI is InChI=1S/C88H80N4OSi/c1-85(2,3)64-43-39-60(40-44-64)61-42-48-80-82(55-61)90(66-26-23-27-67(57-66)93-68-45-46-76-75-35-20-21-38-79(75)92(81(76)58-68)83-56-65(49-52-89-83)86(4,5)6)59-91(80)84-73(36-24-37-74(84)63-41-47-77-78(54-63)88(9,10)51-50-87(77,7)8)62-25-22-34-72(53-62)94(69-28-14-11-15-29-69,70-30-16-12-17-31-70)71-32-18-13-19-33-71/h11-49,52-58H,50-51H2,1-10H3/i7D3,8D3,9D3,10D3,11D,12D,13D,14D,15D,16D,17D,18D,19D,22D,25D,28D,29D,30D,31D,32D,33D,34D,41D,47D,50D2,51D2,53D,54D. The zero-order valence-corrected chi connectivity index (χ0v) is 52.6. The molecule has 3 heterocycles. The van der Waals surface area contributed by atoms with E-state index in [4.69, 9.17) is 22.1 Å². The zero-order valence-electron chi connectivity index (χ0n) is 89.6. The Balaban J connectivity index is 1.15. The van der Waals surface area contributed by atoms with Gasteiger partial charge >= 0.3 is 0 Å². The van der Waals surface area contributed by atoms with E-state index in [1.165, 1.54) is 10.6 Å². The number of benzene rings is 11. The minimum absolute atomic E-state index is 0.0833. The van der Waals surface area contributed by atoms with Crippen LogP contribution in [0.25, 0.3) is 83.4 Å². The van der Waals surface area contributed by atoms with E-state index in [2.05, 4.69) is 27.1 Å².